The minimum atomic E-state index is -1.03. The van der Waals surface area contributed by atoms with Crippen LogP contribution in [0.3, 0.4) is 0 Å². The van der Waals surface area contributed by atoms with Crippen molar-refractivity contribution < 1.29 is 28.8 Å². The van der Waals surface area contributed by atoms with Gasteiger partial charge in [0.15, 0.2) is 0 Å². The fraction of sp³-hybridized carbons (Fsp3) is 0.600. The standard InChI is InChI=1S/C35H49N7O6/c1-5-20(3)29-33(46)38-25(17-22-18-36-24-12-8-7-11-23(22)24)34(47)41-15-9-13-26(41)31(44)37-19-28(43)39-30(21(4)6-2)35(48)42-16-10-14-27(42)32(45)40-29/h7-8,11-12,18,20-21,25-27,29-30,36H,5-6,9-10,13-17,19H2,1-4H3,(H,37,44)(H,38,46)(H,39,43)(H,40,45). The van der Waals surface area contributed by atoms with Crippen molar-refractivity contribution in [1.82, 2.24) is 36.1 Å². The molecule has 4 heterocycles. The molecular formula is C35H49N7O6. The SMILES string of the molecule is CCC(C)C1NC(=O)C2CCCN2C(=O)C(C(C)CC)NC(=O)CNC(=O)C2CCCN2C(=O)C(Cc2c[nH]c3ccccc23)NC1=O. The molecule has 7 atom stereocenters. The number of para-hydroxylation sites is 1. The second kappa shape index (κ2) is 15.2. The molecule has 0 bridgehead atoms. The molecule has 1 aromatic carbocycles. The van der Waals surface area contributed by atoms with Gasteiger partial charge in [-0.3, -0.25) is 28.8 Å². The summed E-state index contributed by atoms with van der Waals surface area (Å²) in [5.41, 5.74) is 1.71. The third-order valence-corrected chi connectivity index (χ3v) is 10.4. The number of aromatic nitrogens is 1. The number of fused-ring (bicyclic) bond motifs is 3. The van der Waals surface area contributed by atoms with Gasteiger partial charge in [-0.2, -0.15) is 0 Å². The van der Waals surface area contributed by atoms with Crippen LogP contribution in [0.1, 0.15) is 71.8 Å². The molecule has 5 N–H and O–H groups in total. The number of nitrogens with one attached hydrogen (secondary N) is 5. The number of aromatic amines is 1. The third kappa shape index (κ3) is 7.34. The van der Waals surface area contributed by atoms with Gasteiger partial charge in [0.1, 0.15) is 30.2 Å². The van der Waals surface area contributed by atoms with Crippen LogP contribution in [0.2, 0.25) is 0 Å². The maximum atomic E-state index is 14.3. The second-order valence-corrected chi connectivity index (χ2v) is 13.5. The molecule has 6 amide bonds. The van der Waals surface area contributed by atoms with E-state index in [0.717, 1.165) is 16.5 Å². The maximum absolute atomic E-state index is 14.3. The molecule has 3 aliphatic rings. The van der Waals surface area contributed by atoms with E-state index in [1.165, 1.54) is 9.80 Å². The first kappa shape index (κ1) is 34.9. The summed E-state index contributed by atoms with van der Waals surface area (Å²) in [4.78, 5) is 88.9. The summed E-state index contributed by atoms with van der Waals surface area (Å²) in [5, 5.41) is 12.3. The van der Waals surface area contributed by atoms with E-state index in [2.05, 4.69) is 26.3 Å². The lowest BCUT2D eigenvalue weighted by Crippen LogP contribution is -2.61. The Morgan fingerprint density at radius 2 is 1.38 bits per heavy atom. The number of carbonyl (C=O) groups is 6. The highest BCUT2D eigenvalue weighted by Gasteiger charge is 2.43. The number of rotatable bonds is 6. The zero-order valence-electron chi connectivity index (χ0n) is 28.3. The van der Waals surface area contributed by atoms with Gasteiger partial charge in [-0.15, -0.1) is 0 Å². The Bertz CT molecular complexity index is 1540. The van der Waals surface area contributed by atoms with Gasteiger partial charge >= 0.3 is 0 Å². The predicted octanol–water partition coefficient (Wildman–Crippen LogP) is 1.37. The van der Waals surface area contributed by atoms with E-state index >= 15 is 0 Å². The minimum absolute atomic E-state index is 0.158. The molecule has 3 saturated heterocycles. The number of carbonyl (C=O) groups excluding carboxylic acids is 6. The smallest absolute Gasteiger partial charge is 0.246 e. The number of hydrogen-bond acceptors (Lipinski definition) is 6. The van der Waals surface area contributed by atoms with Crippen LogP contribution in [0.25, 0.3) is 10.9 Å². The fourth-order valence-electron chi connectivity index (χ4n) is 7.11. The molecule has 48 heavy (non-hydrogen) atoms. The van der Waals surface area contributed by atoms with Crippen molar-refractivity contribution in [2.75, 3.05) is 19.6 Å². The van der Waals surface area contributed by atoms with Gasteiger partial charge in [-0.1, -0.05) is 58.7 Å². The predicted molar refractivity (Wildman–Crippen MR) is 179 cm³/mol. The first-order chi connectivity index (χ1) is 23.0. The molecule has 2 aromatic rings. The molecule has 13 heteroatoms. The average Bonchev–Trinajstić information content (AvgIpc) is 3.87. The minimum Gasteiger partial charge on any atom is -0.361 e. The Morgan fingerprint density at radius 3 is 2.06 bits per heavy atom. The van der Waals surface area contributed by atoms with E-state index in [1.54, 1.807) is 0 Å². The molecular weight excluding hydrogens is 614 g/mol. The van der Waals surface area contributed by atoms with Crippen LogP contribution in [0.5, 0.6) is 0 Å². The van der Waals surface area contributed by atoms with Gasteiger partial charge in [0.05, 0.1) is 6.54 Å². The molecule has 0 spiro atoms. The molecule has 0 radical (unpaired) electrons. The van der Waals surface area contributed by atoms with Gasteiger partial charge in [-0.05, 0) is 49.1 Å². The van der Waals surface area contributed by atoms with Crippen LogP contribution < -0.4 is 21.3 Å². The highest BCUT2D eigenvalue weighted by atomic mass is 16.2. The Hall–Kier alpha value is -4.42. The summed E-state index contributed by atoms with van der Waals surface area (Å²) >= 11 is 0. The van der Waals surface area contributed by atoms with Crippen LogP contribution in [0, 0.1) is 11.8 Å². The molecule has 1 aromatic heterocycles. The molecule has 3 aliphatic heterocycles. The third-order valence-electron chi connectivity index (χ3n) is 10.4. The Kier molecular flexibility index (Phi) is 11.1. The summed E-state index contributed by atoms with van der Waals surface area (Å²) in [7, 11) is 0. The lowest BCUT2D eigenvalue weighted by atomic mass is 9.96. The van der Waals surface area contributed by atoms with Crippen molar-refractivity contribution in [3.05, 3.63) is 36.0 Å². The van der Waals surface area contributed by atoms with Crippen molar-refractivity contribution >= 4 is 46.3 Å². The van der Waals surface area contributed by atoms with Crippen molar-refractivity contribution in [1.29, 1.82) is 0 Å². The number of hydrogen-bond donors (Lipinski definition) is 5. The van der Waals surface area contributed by atoms with E-state index in [9.17, 15) is 28.8 Å². The Labute approximate surface area is 281 Å². The van der Waals surface area contributed by atoms with Gasteiger partial charge < -0.3 is 36.1 Å². The van der Waals surface area contributed by atoms with Crippen molar-refractivity contribution in [3.63, 3.8) is 0 Å². The summed E-state index contributed by atoms with van der Waals surface area (Å²) in [5.74, 6) is -3.23. The highest BCUT2D eigenvalue weighted by Crippen LogP contribution is 2.25. The monoisotopic (exact) mass is 663 g/mol. The van der Waals surface area contributed by atoms with Gasteiger partial charge in [0.2, 0.25) is 35.4 Å². The van der Waals surface area contributed by atoms with Crippen LogP contribution in [0.4, 0.5) is 0 Å². The second-order valence-electron chi connectivity index (χ2n) is 13.5. The van der Waals surface area contributed by atoms with E-state index in [-0.39, 0.29) is 30.7 Å². The van der Waals surface area contributed by atoms with Gasteiger partial charge in [-0.25, -0.2) is 0 Å². The van der Waals surface area contributed by atoms with Crippen LogP contribution in [-0.4, -0.2) is 100 Å². The maximum Gasteiger partial charge on any atom is 0.246 e. The molecule has 0 saturated carbocycles. The molecule has 13 nitrogen and oxygen atoms in total. The number of H-pyrrole nitrogens is 1. The van der Waals surface area contributed by atoms with Gasteiger partial charge in [0, 0.05) is 36.6 Å². The zero-order valence-corrected chi connectivity index (χ0v) is 28.3. The highest BCUT2D eigenvalue weighted by molar-refractivity contribution is 5.98. The molecule has 5 rings (SSSR count). The summed E-state index contributed by atoms with van der Waals surface area (Å²) < 4.78 is 0. The molecule has 3 fully saturated rings. The van der Waals surface area contributed by atoms with E-state index in [4.69, 9.17) is 0 Å². The van der Waals surface area contributed by atoms with Gasteiger partial charge in [0.25, 0.3) is 0 Å². The van der Waals surface area contributed by atoms with E-state index in [0.29, 0.717) is 51.6 Å². The van der Waals surface area contributed by atoms with Crippen LogP contribution in [-0.2, 0) is 35.2 Å². The van der Waals surface area contributed by atoms with Crippen molar-refractivity contribution in [3.8, 4) is 0 Å². The lowest BCUT2D eigenvalue weighted by Gasteiger charge is -2.34. The lowest BCUT2D eigenvalue weighted by molar-refractivity contribution is -0.144. The normalized spacial score (nSPS) is 27.7. The average molecular weight is 664 g/mol. The van der Waals surface area contributed by atoms with Crippen LogP contribution >= 0.6 is 0 Å². The first-order valence-corrected chi connectivity index (χ1v) is 17.4. The fourth-order valence-corrected chi connectivity index (χ4v) is 7.11. The Balaban J connectivity index is 1.51. The largest absolute Gasteiger partial charge is 0.361 e. The van der Waals surface area contributed by atoms with E-state index < -0.39 is 59.7 Å². The number of nitrogens with zero attached hydrogens (tertiary/aromatic N) is 2. The summed E-state index contributed by atoms with van der Waals surface area (Å²) in [6.45, 7) is 7.84. The van der Waals surface area contributed by atoms with Crippen molar-refractivity contribution in [2.45, 2.75) is 103 Å². The van der Waals surface area contributed by atoms with E-state index in [1.807, 2.05) is 58.2 Å². The number of benzene rings is 1. The number of amides is 6. The topological polar surface area (TPSA) is 173 Å². The van der Waals surface area contributed by atoms with Crippen molar-refractivity contribution in [2.24, 2.45) is 11.8 Å². The zero-order chi connectivity index (χ0) is 34.5. The summed E-state index contributed by atoms with van der Waals surface area (Å²) in [6, 6.07) is 3.14. The molecule has 7 unspecified atom stereocenters. The quantitative estimate of drug-likeness (QED) is 0.312. The molecule has 260 valence electrons. The van der Waals surface area contributed by atoms with Crippen LogP contribution in [0.15, 0.2) is 30.5 Å². The Morgan fingerprint density at radius 1 is 0.750 bits per heavy atom. The molecule has 0 aliphatic carbocycles. The first-order valence-electron chi connectivity index (χ1n) is 17.4. The summed E-state index contributed by atoms with van der Waals surface area (Å²) in [6.07, 6.45) is 5.15.